The molecule has 0 spiro atoms. The molecule has 0 aromatic heterocycles. The Labute approximate surface area is 136 Å². The maximum absolute atomic E-state index is 11.9. The molecule has 0 heterocycles. The van der Waals surface area contributed by atoms with Gasteiger partial charge in [0.2, 0.25) is 0 Å². The van der Waals surface area contributed by atoms with Gasteiger partial charge in [0.05, 0.1) is 6.61 Å². The quantitative estimate of drug-likeness (QED) is 0.723. The molecule has 1 N–H and O–H groups in total. The van der Waals surface area contributed by atoms with Crippen molar-refractivity contribution in [3.05, 3.63) is 60.2 Å². The van der Waals surface area contributed by atoms with E-state index in [-0.39, 0.29) is 5.91 Å². The largest absolute Gasteiger partial charge is 0.490 e. The summed E-state index contributed by atoms with van der Waals surface area (Å²) < 4.78 is 16.1. The lowest BCUT2D eigenvalue weighted by Gasteiger charge is -2.10. The fourth-order valence-corrected chi connectivity index (χ4v) is 1.93. The molecule has 5 heteroatoms. The van der Waals surface area contributed by atoms with E-state index >= 15 is 0 Å². The molecule has 0 aliphatic heterocycles. The van der Waals surface area contributed by atoms with Gasteiger partial charge >= 0.3 is 0 Å². The Bertz CT molecular complexity index is 601. The molecule has 0 unspecified atom stereocenters. The van der Waals surface area contributed by atoms with Crippen LogP contribution >= 0.6 is 0 Å². The summed E-state index contributed by atoms with van der Waals surface area (Å²) in [5, 5.41) is 2.77. The lowest BCUT2D eigenvalue weighted by atomic mass is 10.2. The van der Waals surface area contributed by atoms with Crippen LogP contribution in [-0.2, 0) is 4.74 Å². The highest BCUT2D eigenvalue weighted by Crippen LogP contribution is 2.14. The Balaban J connectivity index is 1.77. The van der Waals surface area contributed by atoms with Crippen molar-refractivity contribution >= 4 is 5.91 Å². The first-order valence-electron chi connectivity index (χ1n) is 7.47. The van der Waals surface area contributed by atoms with Gasteiger partial charge in [0.15, 0.2) is 0 Å². The first kappa shape index (κ1) is 16.8. The van der Waals surface area contributed by atoms with Crippen molar-refractivity contribution in [1.29, 1.82) is 0 Å². The van der Waals surface area contributed by atoms with Gasteiger partial charge in [-0.25, -0.2) is 0 Å². The standard InChI is InChI=1S/C18H21NO4/c1-21-11-10-19-18(20)15-6-5-9-17(14-15)23-13-12-22-16-7-3-2-4-8-16/h2-9,14H,10-13H2,1H3,(H,19,20). The number of methoxy groups -OCH3 is 1. The van der Waals surface area contributed by atoms with Gasteiger partial charge in [0.25, 0.3) is 5.91 Å². The molecule has 0 bridgehead atoms. The molecule has 23 heavy (non-hydrogen) atoms. The third-order valence-corrected chi connectivity index (χ3v) is 3.05. The van der Waals surface area contributed by atoms with E-state index in [1.807, 2.05) is 36.4 Å². The van der Waals surface area contributed by atoms with Crippen molar-refractivity contribution in [2.45, 2.75) is 0 Å². The highest BCUT2D eigenvalue weighted by molar-refractivity contribution is 5.94. The topological polar surface area (TPSA) is 56.8 Å². The van der Waals surface area contributed by atoms with Gasteiger partial charge in [0, 0.05) is 19.2 Å². The number of rotatable bonds is 9. The van der Waals surface area contributed by atoms with Gasteiger partial charge in [-0.2, -0.15) is 0 Å². The zero-order chi connectivity index (χ0) is 16.3. The molecular weight excluding hydrogens is 294 g/mol. The number of amides is 1. The van der Waals surface area contributed by atoms with Crippen LogP contribution in [0.2, 0.25) is 0 Å². The van der Waals surface area contributed by atoms with E-state index in [0.29, 0.717) is 37.7 Å². The molecule has 1 amide bonds. The van der Waals surface area contributed by atoms with Crippen LogP contribution in [0.4, 0.5) is 0 Å². The lowest BCUT2D eigenvalue weighted by molar-refractivity contribution is 0.0936. The summed E-state index contributed by atoms with van der Waals surface area (Å²) in [5.74, 6) is 1.30. The Morgan fingerprint density at radius 1 is 0.913 bits per heavy atom. The molecule has 122 valence electrons. The van der Waals surface area contributed by atoms with Crippen LogP contribution in [0.5, 0.6) is 11.5 Å². The Kier molecular flexibility index (Phi) is 6.94. The van der Waals surface area contributed by atoms with Crippen LogP contribution in [0.15, 0.2) is 54.6 Å². The van der Waals surface area contributed by atoms with Crippen molar-refractivity contribution in [3.63, 3.8) is 0 Å². The van der Waals surface area contributed by atoms with Gasteiger partial charge in [-0.3, -0.25) is 4.79 Å². The number of hydrogen-bond donors (Lipinski definition) is 1. The van der Waals surface area contributed by atoms with Gasteiger partial charge < -0.3 is 19.5 Å². The van der Waals surface area contributed by atoms with Crippen molar-refractivity contribution in [3.8, 4) is 11.5 Å². The summed E-state index contributed by atoms with van der Waals surface area (Å²) in [6, 6.07) is 16.6. The summed E-state index contributed by atoms with van der Waals surface area (Å²) in [5.41, 5.74) is 0.558. The smallest absolute Gasteiger partial charge is 0.251 e. The molecule has 2 aromatic carbocycles. The molecule has 0 atom stereocenters. The summed E-state index contributed by atoms with van der Waals surface area (Å²) in [6.07, 6.45) is 0. The highest BCUT2D eigenvalue weighted by atomic mass is 16.5. The van der Waals surface area contributed by atoms with Crippen LogP contribution in [0, 0.1) is 0 Å². The van der Waals surface area contributed by atoms with Crippen LogP contribution in [0.1, 0.15) is 10.4 Å². The molecule has 0 aliphatic rings. The number of hydrogen-bond acceptors (Lipinski definition) is 4. The van der Waals surface area contributed by atoms with E-state index in [0.717, 1.165) is 5.75 Å². The van der Waals surface area contributed by atoms with Crippen molar-refractivity contribution in [2.24, 2.45) is 0 Å². The van der Waals surface area contributed by atoms with Crippen molar-refractivity contribution in [2.75, 3.05) is 33.5 Å². The van der Waals surface area contributed by atoms with E-state index in [9.17, 15) is 4.79 Å². The van der Waals surface area contributed by atoms with Crippen LogP contribution in [0.25, 0.3) is 0 Å². The number of carbonyl (C=O) groups excluding carboxylic acids is 1. The fraction of sp³-hybridized carbons (Fsp3) is 0.278. The van der Waals surface area contributed by atoms with Crippen LogP contribution in [-0.4, -0.2) is 39.4 Å². The Morgan fingerprint density at radius 2 is 1.61 bits per heavy atom. The molecule has 0 fully saturated rings. The highest BCUT2D eigenvalue weighted by Gasteiger charge is 2.06. The zero-order valence-electron chi connectivity index (χ0n) is 13.2. The molecule has 0 radical (unpaired) electrons. The van der Waals surface area contributed by atoms with Gasteiger partial charge in [-0.15, -0.1) is 0 Å². The van der Waals surface area contributed by atoms with Crippen molar-refractivity contribution in [1.82, 2.24) is 5.32 Å². The molecule has 0 saturated heterocycles. The normalized spacial score (nSPS) is 10.1. The van der Waals surface area contributed by atoms with E-state index < -0.39 is 0 Å². The Hall–Kier alpha value is -2.53. The van der Waals surface area contributed by atoms with Crippen LogP contribution in [0.3, 0.4) is 0 Å². The molecule has 5 nitrogen and oxygen atoms in total. The monoisotopic (exact) mass is 315 g/mol. The summed E-state index contributed by atoms with van der Waals surface area (Å²) >= 11 is 0. The third-order valence-electron chi connectivity index (χ3n) is 3.05. The maximum atomic E-state index is 11.9. The SMILES string of the molecule is COCCNC(=O)c1cccc(OCCOc2ccccc2)c1. The Morgan fingerprint density at radius 3 is 2.35 bits per heavy atom. The number of para-hydroxylation sites is 1. The lowest BCUT2D eigenvalue weighted by Crippen LogP contribution is -2.26. The maximum Gasteiger partial charge on any atom is 0.251 e. The first-order valence-corrected chi connectivity index (χ1v) is 7.47. The second-order valence-corrected chi connectivity index (χ2v) is 4.79. The number of ether oxygens (including phenoxy) is 3. The summed E-state index contributed by atoms with van der Waals surface area (Å²) in [4.78, 5) is 11.9. The third kappa shape index (κ3) is 6.00. The summed E-state index contributed by atoms with van der Waals surface area (Å²) in [7, 11) is 1.60. The number of nitrogens with one attached hydrogen (secondary N) is 1. The molecule has 2 aromatic rings. The fourth-order valence-electron chi connectivity index (χ4n) is 1.93. The van der Waals surface area contributed by atoms with Gasteiger partial charge in [0.1, 0.15) is 24.7 Å². The van der Waals surface area contributed by atoms with Crippen LogP contribution < -0.4 is 14.8 Å². The van der Waals surface area contributed by atoms with E-state index in [1.54, 1.807) is 25.3 Å². The predicted octanol–water partition coefficient (Wildman–Crippen LogP) is 2.52. The number of carbonyl (C=O) groups is 1. The molecular formula is C18H21NO4. The van der Waals surface area contributed by atoms with Gasteiger partial charge in [-0.05, 0) is 30.3 Å². The zero-order valence-corrected chi connectivity index (χ0v) is 13.2. The predicted molar refractivity (Wildman–Crippen MR) is 88.1 cm³/mol. The molecule has 0 aliphatic carbocycles. The minimum atomic E-state index is -0.145. The minimum Gasteiger partial charge on any atom is -0.490 e. The van der Waals surface area contributed by atoms with E-state index in [4.69, 9.17) is 14.2 Å². The number of benzene rings is 2. The van der Waals surface area contributed by atoms with Gasteiger partial charge in [-0.1, -0.05) is 24.3 Å². The average molecular weight is 315 g/mol. The second kappa shape index (κ2) is 9.48. The van der Waals surface area contributed by atoms with Crippen molar-refractivity contribution < 1.29 is 19.0 Å². The average Bonchev–Trinajstić information content (AvgIpc) is 2.60. The van der Waals surface area contributed by atoms with E-state index in [1.165, 1.54) is 0 Å². The van der Waals surface area contributed by atoms with E-state index in [2.05, 4.69) is 5.32 Å². The first-order chi connectivity index (χ1) is 11.3. The molecule has 2 rings (SSSR count). The molecule has 0 saturated carbocycles. The minimum absolute atomic E-state index is 0.145. The second-order valence-electron chi connectivity index (χ2n) is 4.79. The summed E-state index contributed by atoms with van der Waals surface area (Å²) in [6.45, 7) is 1.81.